The summed E-state index contributed by atoms with van der Waals surface area (Å²) in [6, 6.07) is 4.25. The summed E-state index contributed by atoms with van der Waals surface area (Å²) in [5.41, 5.74) is 5.56. The van der Waals surface area contributed by atoms with Crippen molar-refractivity contribution in [3.05, 3.63) is 28.8 Å². The number of rotatable bonds is 8. The lowest BCUT2D eigenvalue weighted by atomic mass is 9.97. The normalized spacial score (nSPS) is 20.9. The Bertz CT molecular complexity index is 887. The molecule has 8 nitrogen and oxygen atoms in total. The van der Waals surface area contributed by atoms with E-state index < -0.39 is 15.9 Å². The van der Waals surface area contributed by atoms with Crippen molar-refractivity contribution < 1.29 is 18.0 Å². The van der Waals surface area contributed by atoms with Crippen LogP contribution in [0.5, 0.6) is 0 Å². The molecule has 2 heterocycles. The Morgan fingerprint density at radius 3 is 2.60 bits per heavy atom. The average molecular weight is 457 g/mol. The number of sulfonamides is 1. The highest BCUT2D eigenvalue weighted by Gasteiger charge is 2.28. The number of nitrogens with two attached hydrogens (primary N) is 1. The quantitative estimate of drug-likeness (QED) is 0.575. The molecule has 30 heavy (non-hydrogen) atoms. The van der Waals surface area contributed by atoms with Gasteiger partial charge in [-0.1, -0.05) is 11.6 Å². The SMILES string of the molecule is NC(=O)C1CCCN(CCCNC(=O)c2cc(S(=O)(=O)N3CCCC3)ccc2Cl)C1. The van der Waals surface area contributed by atoms with Crippen LogP contribution in [0.4, 0.5) is 0 Å². The second-order valence-corrected chi connectivity index (χ2v) is 10.2. The van der Waals surface area contributed by atoms with E-state index in [0.29, 0.717) is 32.6 Å². The van der Waals surface area contributed by atoms with Gasteiger partial charge < -0.3 is 16.0 Å². The Labute approximate surface area is 182 Å². The zero-order valence-electron chi connectivity index (χ0n) is 17.0. The van der Waals surface area contributed by atoms with Gasteiger partial charge in [-0.05, 0) is 63.4 Å². The van der Waals surface area contributed by atoms with Gasteiger partial charge in [0.1, 0.15) is 0 Å². The van der Waals surface area contributed by atoms with E-state index in [4.69, 9.17) is 17.3 Å². The summed E-state index contributed by atoms with van der Waals surface area (Å²) in [5, 5.41) is 3.03. The Morgan fingerprint density at radius 1 is 1.17 bits per heavy atom. The van der Waals surface area contributed by atoms with Crippen LogP contribution in [-0.4, -0.2) is 68.7 Å². The number of nitrogens with zero attached hydrogens (tertiary/aromatic N) is 2. The summed E-state index contributed by atoms with van der Waals surface area (Å²) >= 11 is 6.16. The van der Waals surface area contributed by atoms with Crippen molar-refractivity contribution in [3.63, 3.8) is 0 Å². The number of hydrogen-bond acceptors (Lipinski definition) is 5. The molecule has 3 N–H and O–H groups in total. The number of piperidine rings is 1. The second kappa shape index (κ2) is 10.1. The van der Waals surface area contributed by atoms with Crippen molar-refractivity contribution in [2.45, 2.75) is 37.0 Å². The number of carbonyl (C=O) groups excluding carboxylic acids is 2. The third-order valence-corrected chi connectivity index (χ3v) is 7.95. The van der Waals surface area contributed by atoms with E-state index in [0.717, 1.165) is 38.8 Å². The second-order valence-electron chi connectivity index (χ2n) is 7.90. The van der Waals surface area contributed by atoms with Crippen LogP contribution >= 0.6 is 11.6 Å². The summed E-state index contributed by atoms with van der Waals surface area (Å²) < 4.78 is 26.9. The molecule has 0 aliphatic carbocycles. The third kappa shape index (κ3) is 5.51. The standard InChI is InChI=1S/C20H29ClN4O4S/c21-18-7-6-16(30(28,29)25-11-1-2-12-25)13-17(18)20(27)23-8-4-10-24-9-3-5-15(14-24)19(22)26/h6-7,13,15H,1-5,8-12,14H2,(H2,22,26)(H,23,27). The van der Waals surface area contributed by atoms with Gasteiger partial charge in [-0.25, -0.2) is 8.42 Å². The van der Waals surface area contributed by atoms with Crippen LogP contribution in [-0.2, 0) is 14.8 Å². The fourth-order valence-corrected chi connectivity index (χ4v) is 5.75. The number of carbonyl (C=O) groups is 2. The molecular formula is C20H29ClN4O4S. The minimum atomic E-state index is -3.61. The summed E-state index contributed by atoms with van der Waals surface area (Å²) in [4.78, 5) is 26.2. The zero-order valence-corrected chi connectivity index (χ0v) is 18.6. The van der Waals surface area contributed by atoms with Gasteiger partial charge in [0.25, 0.3) is 5.91 Å². The van der Waals surface area contributed by atoms with Gasteiger partial charge in [0.15, 0.2) is 0 Å². The first-order valence-corrected chi connectivity index (χ1v) is 12.2. The van der Waals surface area contributed by atoms with Crippen molar-refractivity contribution in [1.29, 1.82) is 0 Å². The van der Waals surface area contributed by atoms with Gasteiger partial charge in [0, 0.05) is 26.2 Å². The zero-order chi connectivity index (χ0) is 21.7. The molecule has 2 amide bonds. The predicted molar refractivity (Wildman–Crippen MR) is 115 cm³/mol. The maximum atomic E-state index is 12.7. The lowest BCUT2D eigenvalue weighted by Crippen LogP contribution is -2.42. The molecule has 0 spiro atoms. The van der Waals surface area contributed by atoms with Gasteiger partial charge in [-0.2, -0.15) is 4.31 Å². The average Bonchev–Trinajstić information content (AvgIpc) is 3.27. The van der Waals surface area contributed by atoms with Crippen LogP contribution in [0.3, 0.4) is 0 Å². The molecule has 1 unspecified atom stereocenters. The van der Waals surface area contributed by atoms with Crippen molar-refractivity contribution in [2.24, 2.45) is 11.7 Å². The first-order valence-electron chi connectivity index (χ1n) is 10.4. The minimum absolute atomic E-state index is 0.0877. The molecular weight excluding hydrogens is 428 g/mol. The highest BCUT2D eigenvalue weighted by atomic mass is 35.5. The molecule has 2 aliphatic rings. The molecule has 0 bridgehead atoms. The Hall–Kier alpha value is -1.68. The van der Waals surface area contributed by atoms with Crippen molar-refractivity contribution in [2.75, 3.05) is 39.3 Å². The van der Waals surface area contributed by atoms with Crippen molar-refractivity contribution >= 4 is 33.4 Å². The Kier molecular flexibility index (Phi) is 7.73. The van der Waals surface area contributed by atoms with E-state index in [1.54, 1.807) is 0 Å². The van der Waals surface area contributed by atoms with Crippen LogP contribution in [0.15, 0.2) is 23.1 Å². The summed E-state index contributed by atoms with van der Waals surface area (Å²) in [5.74, 6) is -0.758. The first-order chi connectivity index (χ1) is 14.3. The van der Waals surface area contributed by atoms with E-state index >= 15 is 0 Å². The van der Waals surface area contributed by atoms with Gasteiger partial charge in [-0.3, -0.25) is 9.59 Å². The fraction of sp³-hybridized carbons (Fsp3) is 0.600. The number of hydrogen-bond donors (Lipinski definition) is 2. The molecule has 2 aliphatic heterocycles. The molecule has 0 aromatic heterocycles. The topological polar surface area (TPSA) is 113 Å². The summed E-state index contributed by atoms with van der Waals surface area (Å²) in [6.45, 7) is 3.75. The number of halogens is 1. The molecule has 3 rings (SSSR count). The number of likely N-dealkylation sites (tertiary alicyclic amines) is 1. The predicted octanol–water partition coefficient (Wildman–Crippen LogP) is 1.44. The fourth-order valence-electron chi connectivity index (χ4n) is 4.01. The number of benzene rings is 1. The van der Waals surface area contributed by atoms with Crippen molar-refractivity contribution in [1.82, 2.24) is 14.5 Å². The lowest BCUT2D eigenvalue weighted by molar-refractivity contribution is -0.123. The molecule has 0 saturated carbocycles. The molecule has 1 atom stereocenters. The molecule has 1 aromatic rings. The number of primary amides is 1. The van der Waals surface area contributed by atoms with Crippen LogP contribution in [0, 0.1) is 5.92 Å². The van der Waals surface area contributed by atoms with Gasteiger partial charge >= 0.3 is 0 Å². The van der Waals surface area contributed by atoms with E-state index in [9.17, 15) is 18.0 Å². The number of nitrogens with one attached hydrogen (secondary N) is 1. The van der Waals surface area contributed by atoms with E-state index in [2.05, 4.69) is 10.2 Å². The first kappa shape index (κ1) is 23.0. The molecule has 2 saturated heterocycles. The van der Waals surface area contributed by atoms with E-state index in [1.807, 2.05) is 0 Å². The van der Waals surface area contributed by atoms with Gasteiger partial charge in [0.2, 0.25) is 15.9 Å². The molecule has 10 heteroatoms. The smallest absolute Gasteiger partial charge is 0.252 e. The van der Waals surface area contributed by atoms with Crippen LogP contribution in [0.2, 0.25) is 5.02 Å². The Morgan fingerprint density at radius 2 is 1.90 bits per heavy atom. The van der Waals surface area contributed by atoms with Crippen LogP contribution in [0.25, 0.3) is 0 Å². The summed E-state index contributed by atoms with van der Waals surface area (Å²) in [6.07, 6.45) is 4.17. The molecule has 166 valence electrons. The minimum Gasteiger partial charge on any atom is -0.369 e. The Balaban J connectivity index is 1.54. The highest BCUT2D eigenvalue weighted by Crippen LogP contribution is 2.25. The largest absolute Gasteiger partial charge is 0.369 e. The number of amides is 2. The molecule has 1 aromatic carbocycles. The van der Waals surface area contributed by atoms with Crippen molar-refractivity contribution in [3.8, 4) is 0 Å². The maximum Gasteiger partial charge on any atom is 0.252 e. The van der Waals surface area contributed by atoms with Crippen LogP contribution < -0.4 is 11.1 Å². The molecule has 2 fully saturated rings. The lowest BCUT2D eigenvalue weighted by Gasteiger charge is -2.31. The van der Waals surface area contributed by atoms with E-state index in [-0.39, 0.29) is 27.3 Å². The van der Waals surface area contributed by atoms with Crippen LogP contribution in [0.1, 0.15) is 42.5 Å². The maximum absolute atomic E-state index is 12.7. The third-order valence-electron chi connectivity index (χ3n) is 5.73. The molecule has 0 radical (unpaired) electrons. The summed E-state index contributed by atoms with van der Waals surface area (Å²) in [7, 11) is -3.61. The van der Waals surface area contributed by atoms with Gasteiger partial charge in [-0.15, -0.1) is 0 Å². The van der Waals surface area contributed by atoms with Gasteiger partial charge in [0.05, 0.1) is 21.4 Å². The van der Waals surface area contributed by atoms with E-state index in [1.165, 1.54) is 22.5 Å². The highest BCUT2D eigenvalue weighted by molar-refractivity contribution is 7.89. The monoisotopic (exact) mass is 456 g/mol.